The molecule has 1 aromatic heterocycles. The predicted molar refractivity (Wildman–Crippen MR) is 109 cm³/mol. The van der Waals surface area contributed by atoms with Gasteiger partial charge in [0.2, 0.25) is 5.91 Å². The van der Waals surface area contributed by atoms with Gasteiger partial charge in [-0.2, -0.15) is 0 Å². The molecule has 0 radical (unpaired) electrons. The van der Waals surface area contributed by atoms with Gasteiger partial charge in [0.25, 0.3) is 0 Å². The molecule has 4 nitrogen and oxygen atoms in total. The third kappa shape index (κ3) is 3.81. The van der Waals surface area contributed by atoms with E-state index < -0.39 is 0 Å². The molecule has 2 heterocycles. The third-order valence-corrected chi connectivity index (χ3v) is 5.73. The number of piperidine rings is 1. The molecule has 0 spiro atoms. The number of rotatable bonds is 4. The van der Waals surface area contributed by atoms with Gasteiger partial charge in [-0.15, -0.1) is 0 Å². The zero-order chi connectivity index (χ0) is 18.8. The molecule has 1 amide bonds. The molecule has 0 unspecified atom stereocenters. The standard InChI is InChI=1S/C22H23ClN2O2/c1-27-18-6-7-21-19(13-18)20(14-24-21)16-8-10-25(11-9-16)22(26)12-15-2-4-17(23)5-3-15/h2-7,13-14,16,24H,8-12H2,1H3. The van der Waals surface area contributed by atoms with Crippen molar-refractivity contribution >= 4 is 28.4 Å². The van der Waals surface area contributed by atoms with Crippen molar-refractivity contribution in [3.8, 4) is 5.75 Å². The van der Waals surface area contributed by atoms with Crippen LogP contribution in [0.25, 0.3) is 10.9 Å². The minimum absolute atomic E-state index is 0.191. The number of ether oxygens (including phenoxy) is 1. The van der Waals surface area contributed by atoms with Gasteiger partial charge in [0.05, 0.1) is 13.5 Å². The summed E-state index contributed by atoms with van der Waals surface area (Å²) in [6.07, 6.45) is 4.51. The fraction of sp³-hybridized carbons (Fsp3) is 0.318. The van der Waals surface area contributed by atoms with Crippen LogP contribution in [0.4, 0.5) is 0 Å². The van der Waals surface area contributed by atoms with Gasteiger partial charge in [-0.1, -0.05) is 23.7 Å². The molecule has 3 aromatic rings. The average molecular weight is 383 g/mol. The second kappa shape index (κ2) is 7.65. The molecule has 27 heavy (non-hydrogen) atoms. The number of likely N-dealkylation sites (tertiary alicyclic amines) is 1. The minimum atomic E-state index is 0.191. The number of aromatic amines is 1. The van der Waals surface area contributed by atoms with E-state index in [1.807, 2.05) is 35.2 Å². The number of fused-ring (bicyclic) bond motifs is 1. The van der Waals surface area contributed by atoms with Crippen molar-refractivity contribution in [2.45, 2.75) is 25.2 Å². The van der Waals surface area contributed by atoms with Crippen molar-refractivity contribution in [3.63, 3.8) is 0 Å². The molecule has 0 aliphatic carbocycles. The van der Waals surface area contributed by atoms with E-state index in [2.05, 4.69) is 23.3 Å². The average Bonchev–Trinajstić information content (AvgIpc) is 3.13. The monoisotopic (exact) mass is 382 g/mol. The van der Waals surface area contributed by atoms with Gasteiger partial charge < -0.3 is 14.6 Å². The summed E-state index contributed by atoms with van der Waals surface area (Å²) in [4.78, 5) is 18.0. The molecule has 1 aliphatic heterocycles. The van der Waals surface area contributed by atoms with E-state index in [0.717, 1.165) is 42.8 Å². The van der Waals surface area contributed by atoms with E-state index in [4.69, 9.17) is 16.3 Å². The number of nitrogens with zero attached hydrogens (tertiary/aromatic N) is 1. The van der Waals surface area contributed by atoms with Crippen LogP contribution in [0.15, 0.2) is 48.7 Å². The Morgan fingerprint density at radius 1 is 1.19 bits per heavy atom. The van der Waals surface area contributed by atoms with Crippen LogP contribution in [0.1, 0.15) is 29.9 Å². The van der Waals surface area contributed by atoms with E-state index in [9.17, 15) is 4.79 Å². The summed E-state index contributed by atoms with van der Waals surface area (Å²) in [5.74, 6) is 1.53. The molecule has 1 N–H and O–H groups in total. The summed E-state index contributed by atoms with van der Waals surface area (Å²) < 4.78 is 5.37. The first kappa shape index (κ1) is 17.9. The first-order chi connectivity index (χ1) is 13.1. The molecule has 0 atom stereocenters. The Hall–Kier alpha value is -2.46. The normalized spacial score (nSPS) is 15.3. The van der Waals surface area contributed by atoms with Crippen LogP contribution in [0.3, 0.4) is 0 Å². The number of carbonyl (C=O) groups excluding carboxylic acids is 1. The molecular formula is C22H23ClN2O2. The van der Waals surface area contributed by atoms with Crippen LogP contribution in [0, 0.1) is 0 Å². The first-order valence-electron chi connectivity index (χ1n) is 9.31. The number of halogens is 1. The molecule has 2 aromatic carbocycles. The Morgan fingerprint density at radius 2 is 1.93 bits per heavy atom. The highest BCUT2D eigenvalue weighted by atomic mass is 35.5. The largest absolute Gasteiger partial charge is 0.497 e. The molecule has 5 heteroatoms. The van der Waals surface area contributed by atoms with Gasteiger partial charge in [-0.3, -0.25) is 4.79 Å². The predicted octanol–water partition coefficient (Wildman–Crippen LogP) is 4.78. The lowest BCUT2D eigenvalue weighted by Gasteiger charge is -2.32. The number of hydrogen-bond donors (Lipinski definition) is 1. The van der Waals surface area contributed by atoms with Crippen LogP contribution < -0.4 is 4.74 Å². The highest BCUT2D eigenvalue weighted by Crippen LogP contribution is 2.34. The highest BCUT2D eigenvalue weighted by Gasteiger charge is 2.25. The van der Waals surface area contributed by atoms with Gasteiger partial charge in [0.1, 0.15) is 5.75 Å². The van der Waals surface area contributed by atoms with Crippen molar-refractivity contribution in [3.05, 3.63) is 64.8 Å². The summed E-state index contributed by atoms with van der Waals surface area (Å²) in [6.45, 7) is 1.60. The summed E-state index contributed by atoms with van der Waals surface area (Å²) in [5, 5.41) is 1.92. The number of carbonyl (C=O) groups is 1. The summed E-state index contributed by atoms with van der Waals surface area (Å²) in [6, 6.07) is 13.6. The van der Waals surface area contributed by atoms with E-state index in [1.165, 1.54) is 10.9 Å². The van der Waals surface area contributed by atoms with Crippen LogP contribution >= 0.6 is 11.6 Å². The number of H-pyrrole nitrogens is 1. The van der Waals surface area contributed by atoms with Crippen molar-refractivity contribution in [2.24, 2.45) is 0 Å². The smallest absolute Gasteiger partial charge is 0.226 e. The molecule has 0 saturated carbocycles. The summed E-state index contributed by atoms with van der Waals surface area (Å²) in [5.41, 5.74) is 3.47. The van der Waals surface area contributed by atoms with Crippen LogP contribution in [-0.4, -0.2) is 36.0 Å². The Labute approximate surface area is 164 Å². The summed E-state index contributed by atoms with van der Waals surface area (Å²) >= 11 is 5.92. The maximum absolute atomic E-state index is 12.6. The lowest BCUT2D eigenvalue weighted by molar-refractivity contribution is -0.131. The SMILES string of the molecule is COc1ccc2[nH]cc(C3CCN(C(=O)Cc4ccc(Cl)cc4)CC3)c2c1. The third-order valence-electron chi connectivity index (χ3n) is 5.48. The molecular weight excluding hydrogens is 360 g/mol. The zero-order valence-electron chi connectivity index (χ0n) is 15.4. The quantitative estimate of drug-likeness (QED) is 0.705. The number of methoxy groups -OCH3 is 1. The summed E-state index contributed by atoms with van der Waals surface area (Å²) in [7, 11) is 1.69. The Bertz CT molecular complexity index is 941. The van der Waals surface area contributed by atoms with Crippen LogP contribution in [0.2, 0.25) is 5.02 Å². The van der Waals surface area contributed by atoms with E-state index >= 15 is 0 Å². The molecule has 1 fully saturated rings. The van der Waals surface area contributed by atoms with E-state index in [1.54, 1.807) is 7.11 Å². The fourth-order valence-corrected chi connectivity index (χ4v) is 4.04. The Balaban J connectivity index is 1.41. The lowest BCUT2D eigenvalue weighted by atomic mass is 9.89. The minimum Gasteiger partial charge on any atom is -0.497 e. The molecule has 1 saturated heterocycles. The van der Waals surface area contributed by atoms with Gasteiger partial charge in [0, 0.05) is 35.2 Å². The first-order valence-corrected chi connectivity index (χ1v) is 9.69. The molecule has 1 aliphatic rings. The maximum Gasteiger partial charge on any atom is 0.226 e. The molecule has 0 bridgehead atoms. The van der Waals surface area contributed by atoms with Crippen molar-refractivity contribution in [1.82, 2.24) is 9.88 Å². The fourth-order valence-electron chi connectivity index (χ4n) is 3.91. The number of nitrogens with one attached hydrogen (secondary N) is 1. The van der Waals surface area contributed by atoms with Crippen molar-refractivity contribution in [1.29, 1.82) is 0 Å². The Kier molecular flexibility index (Phi) is 5.08. The second-order valence-electron chi connectivity index (χ2n) is 7.11. The number of hydrogen-bond acceptors (Lipinski definition) is 2. The topological polar surface area (TPSA) is 45.3 Å². The van der Waals surface area contributed by atoms with Gasteiger partial charge in [-0.25, -0.2) is 0 Å². The highest BCUT2D eigenvalue weighted by molar-refractivity contribution is 6.30. The number of aromatic nitrogens is 1. The van der Waals surface area contributed by atoms with E-state index in [0.29, 0.717) is 17.4 Å². The number of amides is 1. The second-order valence-corrected chi connectivity index (χ2v) is 7.55. The Morgan fingerprint density at radius 3 is 2.63 bits per heavy atom. The van der Waals surface area contributed by atoms with Crippen molar-refractivity contribution in [2.75, 3.05) is 20.2 Å². The van der Waals surface area contributed by atoms with Gasteiger partial charge >= 0.3 is 0 Å². The molecule has 140 valence electrons. The van der Waals surface area contributed by atoms with E-state index in [-0.39, 0.29) is 5.91 Å². The lowest BCUT2D eigenvalue weighted by Crippen LogP contribution is -2.38. The van der Waals surface area contributed by atoms with Gasteiger partial charge in [-0.05, 0) is 60.2 Å². The zero-order valence-corrected chi connectivity index (χ0v) is 16.1. The molecule has 4 rings (SSSR count). The number of benzene rings is 2. The van der Waals surface area contributed by atoms with Crippen LogP contribution in [-0.2, 0) is 11.2 Å². The van der Waals surface area contributed by atoms with Gasteiger partial charge in [0.15, 0.2) is 0 Å². The van der Waals surface area contributed by atoms with Crippen molar-refractivity contribution < 1.29 is 9.53 Å². The van der Waals surface area contributed by atoms with Crippen LogP contribution in [0.5, 0.6) is 5.75 Å². The maximum atomic E-state index is 12.6.